The van der Waals surface area contributed by atoms with Gasteiger partial charge in [-0.15, -0.1) is 0 Å². The van der Waals surface area contributed by atoms with Gasteiger partial charge in [0, 0.05) is 14.2 Å². The average Bonchev–Trinajstić information content (AvgIpc) is 1.81. The summed E-state index contributed by atoms with van der Waals surface area (Å²) in [5.74, 6) is 8.00. The molecule has 0 saturated carbocycles. The maximum Gasteiger partial charge on any atom is 0.0319 e. The van der Waals surface area contributed by atoms with Crippen LogP contribution in [0.1, 0.15) is 0 Å². The molecule has 4 nitrogen and oxygen atoms in total. The van der Waals surface area contributed by atoms with Crippen LogP contribution in [0, 0.1) is 0 Å². The lowest BCUT2D eigenvalue weighted by atomic mass is 11.8. The van der Waals surface area contributed by atoms with Crippen molar-refractivity contribution < 1.29 is 10.2 Å². The van der Waals surface area contributed by atoms with E-state index in [2.05, 4.69) is 11.7 Å². The standard InChI is InChI=1S/2CH4O.H4N2/c3*1-2/h2*2H,1H3;1-2H2. The highest BCUT2D eigenvalue weighted by Crippen LogP contribution is 0.757. The second-order valence-corrected chi connectivity index (χ2v) is 0. The van der Waals surface area contributed by atoms with Gasteiger partial charge in [0.15, 0.2) is 0 Å². The molecule has 42 valence electrons. The van der Waals surface area contributed by atoms with Gasteiger partial charge in [-0.25, -0.2) is 0 Å². The largest absolute Gasteiger partial charge is 0.400 e. The van der Waals surface area contributed by atoms with E-state index in [1.807, 2.05) is 0 Å². The van der Waals surface area contributed by atoms with Gasteiger partial charge in [0.2, 0.25) is 0 Å². The van der Waals surface area contributed by atoms with Crippen molar-refractivity contribution in [3.63, 3.8) is 0 Å². The van der Waals surface area contributed by atoms with Crippen molar-refractivity contribution in [2.75, 3.05) is 14.2 Å². The van der Waals surface area contributed by atoms with Crippen LogP contribution in [-0.4, -0.2) is 24.4 Å². The highest BCUT2D eigenvalue weighted by Gasteiger charge is 0.841. The lowest BCUT2D eigenvalue weighted by Gasteiger charge is -1.27. The third-order valence-electron chi connectivity index (χ3n) is 0. The highest BCUT2D eigenvalue weighted by molar-refractivity contribution is 3.26. The Kier molecular flexibility index (Phi) is 7880. The minimum absolute atomic E-state index is 1.00. The summed E-state index contributed by atoms with van der Waals surface area (Å²) < 4.78 is 0. The summed E-state index contributed by atoms with van der Waals surface area (Å²) in [5, 5.41) is 14.0. The van der Waals surface area contributed by atoms with Crippen molar-refractivity contribution in [2.24, 2.45) is 11.7 Å². The molecule has 0 amide bonds. The smallest absolute Gasteiger partial charge is 0.0319 e. The lowest BCUT2D eigenvalue weighted by molar-refractivity contribution is 0.399. The van der Waals surface area contributed by atoms with Crippen LogP contribution >= 0.6 is 0 Å². The molecule has 0 unspecified atom stereocenters. The average molecular weight is 96.1 g/mol. The van der Waals surface area contributed by atoms with E-state index in [1.54, 1.807) is 0 Å². The number of hydrogen-bond acceptors (Lipinski definition) is 4. The Bertz CT molecular complexity index is 9.51. The zero-order valence-electron chi connectivity index (χ0n) is 4.05. The second kappa shape index (κ2) is 2790. The molecule has 0 aromatic heterocycles. The van der Waals surface area contributed by atoms with Gasteiger partial charge in [-0.3, -0.25) is 11.7 Å². The molecular formula is C2H12N2O2. The van der Waals surface area contributed by atoms with Crippen LogP contribution in [0.5, 0.6) is 0 Å². The molecule has 6 N–H and O–H groups in total. The molecule has 0 radical (unpaired) electrons. The minimum atomic E-state index is 1.00. The summed E-state index contributed by atoms with van der Waals surface area (Å²) in [5.41, 5.74) is 0. The number of aliphatic hydroxyl groups excluding tert-OH is 2. The first-order chi connectivity index (χ1) is 3.00. The van der Waals surface area contributed by atoms with Crippen LogP contribution in [-0.2, 0) is 0 Å². The van der Waals surface area contributed by atoms with Crippen LogP contribution in [0.3, 0.4) is 0 Å². The summed E-state index contributed by atoms with van der Waals surface area (Å²) in [6.45, 7) is 0. The van der Waals surface area contributed by atoms with Gasteiger partial charge >= 0.3 is 0 Å². The predicted octanol–water partition coefficient (Wildman–Crippen LogP) is -1.96. The lowest BCUT2D eigenvalue weighted by Crippen LogP contribution is -2.02. The van der Waals surface area contributed by atoms with Gasteiger partial charge in [-0.05, 0) is 0 Å². The van der Waals surface area contributed by atoms with Crippen LogP contribution in [0.2, 0.25) is 0 Å². The Morgan fingerprint density at radius 3 is 0.833 bits per heavy atom. The summed E-state index contributed by atoms with van der Waals surface area (Å²) in [6.07, 6.45) is 0. The molecule has 0 aliphatic carbocycles. The van der Waals surface area contributed by atoms with E-state index < -0.39 is 0 Å². The van der Waals surface area contributed by atoms with Gasteiger partial charge in [-0.2, -0.15) is 0 Å². The second-order valence-electron chi connectivity index (χ2n) is 0. The summed E-state index contributed by atoms with van der Waals surface area (Å²) >= 11 is 0. The highest BCUT2D eigenvalue weighted by atomic mass is 16.2. The molecule has 0 bridgehead atoms. The quantitative estimate of drug-likeness (QED) is 0.208. The fraction of sp³-hybridized carbons (Fsp3) is 1.00. The van der Waals surface area contributed by atoms with Crippen LogP contribution < -0.4 is 11.7 Å². The summed E-state index contributed by atoms with van der Waals surface area (Å²) in [6, 6.07) is 0. The van der Waals surface area contributed by atoms with Gasteiger partial charge in [0.25, 0.3) is 0 Å². The topological polar surface area (TPSA) is 92.5 Å². The van der Waals surface area contributed by atoms with Crippen LogP contribution in [0.4, 0.5) is 0 Å². The van der Waals surface area contributed by atoms with Crippen molar-refractivity contribution in [1.29, 1.82) is 0 Å². The minimum Gasteiger partial charge on any atom is -0.400 e. The van der Waals surface area contributed by atoms with E-state index in [1.165, 1.54) is 0 Å². The molecule has 0 fully saturated rings. The molecule has 4 heteroatoms. The molecule has 0 aliphatic heterocycles. The fourth-order valence-electron chi connectivity index (χ4n) is 0. The Hall–Kier alpha value is -0.160. The maximum atomic E-state index is 7.00. The van der Waals surface area contributed by atoms with Crippen molar-refractivity contribution in [1.82, 2.24) is 0 Å². The van der Waals surface area contributed by atoms with Gasteiger partial charge in [-0.1, -0.05) is 0 Å². The van der Waals surface area contributed by atoms with E-state index in [4.69, 9.17) is 10.2 Å². The van der Waals surface area contributed by atoms with E-state index in [0.29, 0.717) is 0 Å². The van der Waals surface area contributed by atoms with E-state index >= 15 is 0 Å². The zero-order chi connectivity index (χ0) is 6.00. The Labute approximate surface area is 37.4 Å². The van der Waals surface area contributed by atoms with Crippen molar-refractivity contribution in [2.45, 2.75) is 0 Å². The third-order valence-corrected chi connectivity index (χ3v) is 0. The predicted molar refractivity (Wildman–Crippen MR) is 24.7 cm³/mol. The normalized spacial score (nSPS) is 3.00. The molecule has 0 rings (SSSR count). The number of aliphatic hydroxyl groups is 2. The number of nitrogens with two attached hydrogens (primary N) is 2. The number of hydrazine groups is 1. The third kappa shape index (κ3) is 1210. The first-order valence-electron chi connectivity index (χ1n) is 1.23. The van der Waals surface area contributed by atoms with Crippen molar-refractivity contribution in [3.05, 3.63) is 0 Å². The molecule has 0 aromatic rings. The molecule has 0 saturated heterocycles. The first-order valence-corrected chi connectivity index (χ1v) is 1.23. The van der Waals surface area contributed by atoms with E-state index in [-0.39, 0.29) is 0 Å². The molecule has 0 aromatic carbocycles. The summed E-state index contributed by atoms with van der Waals surface area (Å²) in [7, 11) is 2.00. The van der Waals surface area contributed by atoms with Gasteiger partial charge in [0.1, 0.15) is 0 Å². The molecule has 0 atom stereocenters. The molecule has 0 heterocycles. The Balaban J connectivity index is -0.0000000225. The molecular weight excluding hydrogens is 84.0 g/mol. The Morgan fingerprint density at radius 2 is 0.833 bits per heavy atom. The molecule has 0 spiro atoms. The van der Waals surface area contributed by atoms with Gasteiger partial charge in [0.05, 0.1) is 0 Å². The van der Waals surface area contributed by atoms with Gasteiger partial charge < -0.3 is 10.2 Å². The zero-order valence-corrected chi connectivity index (χ0v) is 4.05. The maximum absolute atomic E-state index is 7.00. The number of hydrogen-bond donors (Lipinski definition) is 4. The summed E-state index contributed by atoms with van der Waals surface area (Å²) in [4.78, 5) is 0. The first kappa shape index (κ1) is 17.0. The number of rotatable bonds is 0. The van der Waals surface area contributed by atoms with Crippen LogP contribution in [0.15, 0.2) is 0 Å². The van der Waals surface area contributed by atoms with E-state index in [9.17, 15) is 0 Å². The van der Waals surface area contributed by atoms with E-state index in [0.717, 1.165) is 14.2 Å². The SMILES string of the molecule is CO.CO.NN. The monoisotopic (exact) mass is 96.1 g/mol. The van der Waals surface area contributed by atoms with Crippen LogP contribution in [0.25, 0.3) is 0 Å². The van der Waals surface area contributed by atoms with Crippen molar-refractivity contribution in [3.8, 4) is 0 Å². The fourth-order valence-corrected chi connectivity index (χ4v) is 0. The van der Waals surface area contributed by atoms with Crippen molar-refractivity contribution >= 4 is 0 Å². The molecule has 0 aliphatic rings. The Morgan fingerprint density at radius 1 is 0.833 bits per heavy atom. The molecule has 6 heavy (non-hydrogen) atoms.